The lowest BCUT2D eigenvalue weighted by Crippen LogP contribution is -2.04. The Morgan fingerprint density at radius 1 is 0.839 bits per heavy atom. The minimum atomic E-state index is 0.492. The molecule has 0 N–H and O–H groups in total. The van der Waals surface area contributed by atoms with E-state index in [2.05, 4.69) is 15.9 Å². The minimum absolute atomic E-state index is 0.492. The Bertz CT molecular complexity index is 1210. The number of halogens is 3. The molecule has 0 spiro atoms. The summed E-state index contributed by atoms with van der Waals surface area (Å²) in [6, 6.07) is 21.2. The fourth-order valence-corrected chi connectivity index (χ4v) is 4.53. The molecule has 0 radical (unpaired) electrons. The van der Waals surface area contributed by atoms with Crippen LogP contribution >= 0.6 is 39.1 Å². The maximum absolute atomic E-state index is 6.45. The third-order valence-corrected chi connectivity index (χ3v) is 6.29. The lowest BCUT2D eigenvalue weighted by atomic mass is 10.1. The van der Waals surface area contributed by atoms with Crippen LogP contribution in [0.5, 0.6) is 11.5 Å². The van der Waals surface area contributed by atoms with Crippen molar-refractivity contribution in [2.75, 3.05) is 14.2 Å². The number of methoxy groups -OCH3 is 2. The zero-order valence-corrected chi connectivity index (χ0v) is 20.0. The van der Waals surface area contributed by atoms with Crippen LogP contribution in [-0.4, -0.2) is 24.0 Å². The fourth-order valence-electron chi connectivity index (χ4n) is 3.32. The lowest BCUT2D eigenvalue weighted by molar-refractivity contribution is 0.414. The monoisotopic (exact) mass is 516 g/mol. The smallest absolute Gasteiger partial charge is 0.118 e. The van der Waals surface area contributed by atoms with Gasteiger partial charge in [-0.1, -0.05) is 29.3 Å². The molecule has 7 heteroatoms. The van der Waals surface area contributed by atoms with Crippen LogP contribution in [0.25, 0.3) is 22.5 Å². The van der Waals surface area contributed by atoms with Crippen LogP contribution in [-0.2, 0) is 6.54 Å². The summed E-state index contributed by atoms with van der Waals surface area (Å²) in [4.78, 5) is 0. The predicted octanol–water partition coefficient (Wildman–Crippen LogP) is 7.35. The van der Waals surface area contributed by atoms with Gasteiger partial charge in [0.05, 0.1) is 30.9 Å². The van der Waals surface area contributed by atoms with Crippen LogP contribution in [0.2, 0.25) is 10.0 Å². The Hall–Kier alpha value is -2.47. The van der Waals surface area contributed by atoms with E-state index >= 15 is 0 Å². The molecule has 31 heavy (non-hydrogen) atoms. The molecule has 4 nitrogen and oxygen atoms in total. The van der Waals surface area contributed by atoms with E-state index in [4.69, 9.17) is 37.8 Å². The Labute approximate surface area is 199 Å². The summed E-state index contributed by atoms with van der Waals surface area (Å²) in [5.41, 5.74) is 4.68. The predicted molar refractivity (Wildman–Crippen MR) is 129 cm³/mol. The van der Waals surface area contributed by atoms with Gasteiger partial charge in [0.2, 0.25) is 0 Å². The van der Waals surface area contributed by atoms with E-state index < -0.39 is 0 Å². The van der Waals surface area contributed by atoms with Crippen molar-refractivity contribution in [2.24, 2.45) is 0 Å². The van der Waals surface area contributed by atoms with Gasteiger partial charge in [-0.15, -0.1) is 0 Å². The molecule has 0 aliphatic rings. The molecule has 4 aromatic rings. The molecule has 158 valence electrons. The van der Waals surface area contributed by atoms with E-state index in [1.54, 1.807) is 20.3 Å². The Morgan fingerprint density at radius 3 is 1.97 bits per heavy atom. The number of benzene rings is 3. The van der Waals surface area contributed by atoms with Crippen LogP contribution in [0, 0.1) is 0 Å². The largest absolute Gasteiger partial charge is 0.497 e. The SMILES string of the molecule is COc1ccc(-c2nn(Cc3ccc(Cl)cc3Cl)c(-c3ccc(OC)cc3)c2Br)cc1. The van der Waals surface area contributed by atoms with Gasteiger partial charge in [-0.25, -0.2) is 0 Å². The van der Waals surface area contributed by atoms with Crippen LogP contribution < -0.4 is 9.47 Å². The van der Waals surface area contributed by atoms with E-state index in [1.807, 2.05) is 65.3 Å². The zero-order valence-electron chi connectivity index (χ0n) is 16.9. The van der Waals surface area contributed by atoms with Gasteiger partial charge in [-0.05, 0) is 82.2 Å². The molecular formula is C24H19BrCl2N2O2. The second kappa shape index (κ2) is 9.35. The second-order valence-electron chi connectivity index (χ2n) is 6.86. The lowest BCUT2D eigenvalue weighted by Gasteiger charge is -2.10. The van der Waals surface area contributed by atoms with Gasteiger partial charge in [0.1, 0.15) is 17.2 Å². The summed E-state index contributed by atoms with van der Waals surface area (Å²) in [7, 11) is 3.30. The third-order valence-electron chi connectivity index (χ3n) is 4.96. The van der Waals surface area contributed by atoms with Crippen molar-refractivity contribution in [3.8, 4) is 34.0 Å². The number of aromatic nitrogens is 2. The van der Waals surface area contributed by atoms with E-state index in [9.17, 15) is 0 Å². The zero-order chi connectivity index (χ0) is 22.0. The normalized spacial score (nSPS) is 10.9. The van der Waals surface area contributed by atoms with Gasteiger partial charge < -0.3 is 9.47 Å². The summed E-state index contributed by atoms with van der Waals surface area (Å²) in [6.45, 7) is 0.492. The molecule has 0 aliphatic carbocycles. The van der Waals surface area contributed by atoms with Crippen LogP contribution in [0.15, 0.2) is 71.2 Å². The molecule has 0 unspecified atom stereocenters. The third kappa shape index (κ3) is 4.59. The van der Waals surface area contributed by atoms with Gasteiger partial charge in [0.15, 0.2) is 0 Å². The molecule has 3 aromatic carbocycles. The molecule has 4 rings (SSSR count). The Morgan fingerprint density at radius 2 is 1.42 bits per heavy atom. The van der Waals surface area contributed by atoms with E-state index in [1.165, 1.54) is 0 Å². The maximum Gasteiger partial charge on any atom is 0.118 e. The minimum Gasteiger partial charge on any atom is -0.497 e. The van der Waals surface area contributed by atoms with Gasteiger partial charge in [-0.3, -0.25) is 4.68 Å². The van der Waals surface area contributed by atoms with Crippen molar-refractivity contribution in [3.05, 3.63) is 86.8 Å². The van der Waals surface area contributed by atoms with Crippen LogP contribution in [0.4, 0.5) is 0 Å². The Kier molecular flexibility index (Phi) is 6.56. The maximum atomic E-state index is 6.45. The standard InChI is InChI=1S/C24H19BrCl2N2O2/c1-30-19-9-4-15(5-10-19)23-22(25)24(16-6-11-20(31-2)12-7-16)29(28-23)14-17-3-8-18(26)13-21(17)27/h3-13H,14H2,1-2H3. The first-order valence-electron chi connectivity index (χ1n) is 9.49. The summed E-state index contributed by atoms with van der Waals surface area (Å²) in [5, 5.41) is 6.12. The van der Waals surface area contributed by atoms with E-state index in [-0.39, 0.29) is 0 Å². The number of hydrogen-bond donors (Lipinski definition) is 0. The number of hydrogen-bond acceptors (Lipinski definition) is 3. The number of rotatable bonds is 6. The molecule has 0 saturated carbocycles. The molecule has 0 atom stereocenters. The molecule has 0 saturated heterocycles. The molecule has 0 fully saturated rings. The highest BCUT2D eigenvalue weighted by Crippen LogP contribution is 2.38. The first-order chi connectivity index (χ1) is 15.0. The molecule has 0 bridgehead atoms. The van der Waals surface area contributed by atoms with Crippen LogP contribution in [0.3, 0.4) is 0 Å². The molecule has 1 aromatic heterocycles. The van der Waals surface area contributed by atoms with Crippen molar-refractivity contribution >= 4 is 39.1 Å². The average molecular weight is 518 g/mol. The van der Waals surface area contributed by atoms with Crippen molar-refractivity contribution in [1.82, 2.24) is 9.78 Å². The van der Waals surface area contributed by atoms with Crippen molar-refractivity contribution < 1.29 is 9.47 Å². The number of ether oxygens (including phenoxy) is 2. The average Bonchev–Trinajstić information content (AvgIpc) is 3.11. The highest BCUT2D eigenvalue weighted by atomic mass is 79.9. The fraction of sp³-hybridized carbons (Fsp3) is 0.125. The van der Waals surface area contributed by atoms with Crippen LogP contribution in [0.1, 0.15) is 5.56 Å². The van der Waals surface area contributed by atoms with Crippen molar-refractivity contribution in [3.63, 3.8) is 0 Å². The first kappa shape index (κ1) is 21.8. The van der Waals surface area contributed by atoms with E-state index in [0.717, 1.165) is 44.0 Å². The highest BCUT2D eigenvalue weighted by Gasteiger charge is 2.20. The molecule has 0 amide bonds. The molecular weight excluding hydrogens is 499 g/mol. The number of nitrogens with zero attached hydrogens (tertiary/aromatic N) is 2. The molecule has 0 aliphatic heterocycles. The summed E-state index contributed by atoms with van der Waals surface area (Å²) in [6.07, 6.45) is 0. The summed E-state index contributed by atoms with van der Waals surface area (Å²) < 4.78 is 13.4. The van der Waals surface area contributed by atoms with Crippen molar-refractivity contribution in [2.45, 2.75) is 6.54 Å². The quantitative estimate of drug-likeness (QED) is 0.268. The Balaban J connectivity index is 1.84. The second-order valence-corrected chi connectivity index (χ2v) is 8.50. The topological polar surface area (TPSA) is 36.3 Å². The van der Waals surface area contributed by atoms with E-state index in [0.29, 0.717) is 16.6 Å². The van der Waals surface area contributed by atoms with Gasteiger partial charge in [0, 0.05) is 21.2 Å². The molecule has 1 heterocycles. The van der Waals surface area contributed by atoms with Gasteiger partial charge in [0.25, 0.3) is 0 Å². The summed E-state index contributed by atoms with van der Waals surface area (Å²) >= 11 is 16.3. The van der Waals surface area contributed by atoms with Gasteiger partial charge in [-0.2, -0.15) is 5.10 Å². The first-order valence-corrected chi connectivity index (χ1v) is 11.0. The summed E-state index contributed by atoms with van der Waals surface area (Å²) in [5.74, 6) is 1.59. The van der Waals surface area contributed by atoms with Crippen molar-refractivity contribution in [1.29, 1.82) is 0 Å². The van der Waals surface area contributed by atoms with Gasteiger partial charge >= 0.3 is 0 Å². The highest BCUT2D eigenvalue weighted by molar-refractivity contribution is 9.10.